The molecule has 3 aromatic heterocycles. The molecule has 0 saturated heterocycles. The van der Waals surface area contributed by atoms with E-state index in [2.05, 4.69) is 70.0 Å². The number of unbranched alkanes of at least 4 members (excludes halogenated alkanes) is 18. The molecule has 0 aliphatic heterocycles. The third-order valence-electron chi connectivity index (χ3n) is 8.21. The van der Waals surface area contributed by atoms with E-state index in [-0.39, 0.29) is 0 Å². The highest BCUT2D eigenvalue weighted by molar-refractivity contribution is 9.11. The summed E-state index contributed by atoms with van der Waals surface area (Å²) in [6, 6.07) is 9.51. The van der Waals surface area contributed by atoms with E-state index >= 15 is 0 Å². The van der Waals surface area contributed by atoms with E-state index in [1.165, 1.54) is 179 Å². The van der Waals surface area contributed by atoms with Crippen molar-refractivity contribution in [3.63, 3.8) is 0 Å². The van der Waals surface area contributed by atoms with Crippen LogP contribution in [0.3, 0.4) is 0 Å². The van der Waals surface area contributed by atoms with Gasteiger partial charge in [-0.05, 0) is 92.9 Å². The first-order chi connectivity index (χ1) is 20.1. The second-order valence-corrected chi connectivity index (χ2v) is 17.8. The van der Waals surface area contributed by atoms with Crippen LogP contribution in [-0.4, -0.2) is 0 Å². The van der Waals surface area contributed by atoms with Gasteiger partial charge in [0, 0.05) is 19.5 Å². The van der Waals surface area contributed by atoms with Gasteiger partial charge in [-0.25, -0.2) is 0 Å². The topological polar surface area (TPSA) is 0 Å². The Bertz CT molecular complexity index is 994. The first-order valence-corrected chi connectivity index (χ1v) is 20.8. The lowest BCUT2D eigenvalue weighted by atomic mass is 10.0. The average Bonchev–Trinajstić information content (AvgIpc) is 3.69. The Kier molecular flexibility index (Phi) is 18.8. The molecule has 3 heterocycles. The van der Waals surface area contributed by atoms with Gasteiger partial charge in [-0.3, -0.25) is 0 Å². The Morgan fingerprint density at radius 2 is 0.756 bits per heavy atom. The molecular formula is C36H54Br2S3. The predicted octanol–water partition coefficient (Wildman–Crippen LogP) is 15.7. The van der Waals surface area contributed by atoms with Gasteiger partial charge >= 0.3 is 0 Å². The van der Waals surface area contributed by atoms with Crippen LogP contribution in [0.15, 0.2) is 31.8 Å². The van der Waals surface area contributed by atoms with Crippen LogP contribution in [0.2, 0.25) is 0 Å². The zero-order valence-corrected chi connectivity index (χ0v) is 31.5. The molecule has 41 heavy (non-hydrogen) atoms. The molecule has 230 valence electrons. The van der Waals surface area contributed by atoms with Crippen LogP contribution in [0.1, 0.15) is 153 Å². The molecule has 0 N–H and O–H groups in total. The Morgan fingerprint density at radius 3 is 1.10 bits per heavy atom. The van der Waals surface area contributed by atoms with Gasteiger partial charge in [0.05, 0.1) is 7.57 Å². The molecule has 3 aromatic rings. The van der Waals surface area contributed by atoms with E-state index in [0.717, 1.165) is 0 Å². The second-order valence-electron chi connectivity index (χ2n) is 11.8. The minimum Gasteiger partial charge on any atom is -0.133 e. The molecule has 0 aliphatic rings. The molecule has 0 amide bonds. The Balaban J connectivity index is 1.44. The normalized spacial score (nSPS) is 11.6. The number of halogens is 2. The molecule has 0 spiro atoms. The molecule has 0 aliphatic carbocycles. The molecule has 0 aromatic carbocycles. The summed E-state index contributed by atoms with van der Waals surface area (Å²) >= 11 is 13.4. The molecule has 0 bridgehead atoms. The highest BCUT2D eigenvalue weighted by atomic mass is 79.9. The number of hydrogen-bond donors (Lipinski definition) is 0. The largest absolute Gasteiger partial charge is 0.133 e. The van der Waals surface area contributed by atoms with Gasteiger partial charge in [-0.15, -0.1) is 34.0 Å². The first kappa shape index (κ1) is 35.5. The van der Waals surface area contributed by atoms with Crippen molar-refractivity contribution in [1.29, 1.82) is 0 Å². The summed E-state index contributed by atoms with van der Waals surface area (Å²) in [7, 11) is 0. The van der Waals surface area contributed by atoms with Crippen LogP contribution in [0.25, 0.3) is 19.5 Å². The molecular weight excluding hydrogens is 688 g/mol. The maximum absolute atomic E-state index is 3.80. The monoisotopic (exact) mass is 740 g/mol. The fraction of sp³-hybridized carbons (Fsp3) is 0.667. The van der Waals surface area contributed by atoms with Gasteiger partial charge in [0.1, 0.15) is 0 Å². The molecule has 0 saturated carbocycles. The van der Waals surface area contributed by atoms with E-state index in [4.69, 9.17) is 0 Å². The van der Waals surface area contributed by atoms with Crippen molar-refractivity contribution in [2.24, 2.45) is 0 Å². The molecule has 0 radical (unpaired) electrons. The van der Waals surface area contributed by atoms with E-state index in [1.54, 1.807) is 0 Å². The van der Waals surface area contributed by atoms with Gasteiger partial charge in [-0.1, -0.05) is 129 Å². The zero-order chi connectivity index (χ0) is 29.1. The van der Waals surface area contributed by atoms with Crippen LogP contribution < -0.4 is 0 Å². The molecule has 0 fully saturated rings. The van der Waals surface area contributed by atoms with Gasteiger partial charge < -0.3 is 0 Å². The van der Waals surface area contributed by atoms with Gasteiger partial charge in [0.25, 0.3) is 0 Å². The fourth-order valence-corrected chi connectivity index (χ4v) is 10.5. The summed E-state index contributed by atoms with van der Waals surface area (Å²) in [4.78, 5) is 5.84. The second kappa shape index (κ2) is 21.7. The summed E-state index contributed by atoms with van der Waals surface area (Å²) in [5, 5.41) is 0. The minimum absolute atomic E-state index is 1.20. The maximum Gasteiger partial charge on any atom is 0.0708 e. The van der Waals surface area contributed by atoms with Crippen molar-refractivity contribution >= 4 is 65.9 Å². The summed E-state index contributed by atoms with van der Waals surface area (Å²) in [6.45, 7) is 4.60. The van der Waals surface area contributed by atoms with Gasteiger partial charge in [0.15, 0.2) is 0 Å². The highest BCUT2D eigenvalue weighted by Crippen LogP contribution is 2.45. The summed E-state index contributed by atoms with van der Waals surface area (Å²) in [5.41, 5.74) is 3.07. The third kappa shape index (κ3) is 13.7. The number of thiophene rings is 3. The Hall–Kier alpha value is 0.0600. The van der Waals surface area contributed by atoms with Gasteiger partial charge in [0.2, 0.25) is 0 Å². The Labute approximate surface area is 281 Å². The zero-order valence-electron chi connectivity index (χ0n) is 25.8. The molecule has 3 rings (SSSR count). The maximum atomic E-state index is 3.80. The Morgan fingerprint density at radius 1 is 0.439 bits per heavy atom. The third-order valence-corrected chi connectivity index (χ3v) is 13.0. The van der Waals surface area contributed by atoms with Crippen molar-refractivity contribution in [3.05, 3.63) is 43.0 Å². The lowest BCUT2D eigenvalue weighted by Gasteiger charge is -2.04. The average molecular weight is 743 g/mol. The number of rotatable bonds is 24. The predicted molar refractivity (Wildman–Crippen MR) is 197 cm³/mol. The van der Waals surface area contributed by atoms with Crippen molar-refractivity contribution in [1.82, 2.24) is 0 Å². The van der Waals surface area contributed by atoms with Crippen LogP contribution >= 0.6 is 65.9 Å². The van der Waals surface area contributed by atoms with Crippen molar-refractivity contribution in [2.75, 3.05) is 0 Å². The van der Waals surface area contributed by atoms with Crippen LogP contribution in [0, 0.1) is 0 Å². The van der Waals surface area contributed by atoms with E-state index in [1.807, 2.05) is 34.0 Å². The van der Waals surface area contributed by atoms with E-state index in [0.29, 0.717) is 0 Å². The SMILES string of the molecule is CCCCCCCCCCCCc1cc(Br)sc1-c1ccc(-c2sc(Br)cc2CCCCCCCCCCCC)s1. The summed E-state index contributed by atoms with van der Waals surface area (Å²) in [5.74, 6) is 0. The minimum atomic E-state index is 1.20. The van der Waals surface area contributed by atoms with Gasteiger partial charge in [-0.2, -0.15) is 0 Å². The summed E-state index contributed by atoms with van der Waals surface area (Å²) in [6.07, 6.45) is 30.4. The summed E-state index contributed by atoms with van der Waals surface area (Å²) < 4.78 is 2.54. The van der Waals surface area contributed by atoms with Crippen molar-refractivity contribution < 1.29 is 0 Å². The molecule has 0 unspecified atom stereocenters. The number of hydrogen-bond acceptors (Lipinski definition) is 3. The smallest absolute Gasteiger partial charge is 0.0708 e. The highest BCUT2D eigenvalue weighted by Gasteiger charge is 2.16. The van der Waals surface area contributed by atoms with Crippen LogP contribution in [0.4, 0.5) is 0 Å². The lowest BCUT2D eigenvalue weighted by Crippen LogP contribution is -1.87. The quantitative estimate of drug-likeness (QED) is 0.0802. The van der Waals surface area contributed by atoms with E-state index < -0.39 is 0 Å². The van der Waals surface area contributed by atoms with Crippen molar-refractivity contribution in [3.8, 4) is 19.5 Å². The first-order valence-electron chi connectivity index (χ1n) is 16.8. The fourth-order valence-electron chi connectivity index (χ4n) is 5.77. The molecule has 0 atom stereocenters. The van der Waals surface area contributed by atoms with E-state index in [9.17, 15) is 0 Å². The lowest BCUT2D eigenvalue weighted by molar-refractivity contribution is 0.556. The van der Waals surface area contributed by atoms with Crippen molar-refractivity contribution in [2.45, 2.75) is 155 Å². The van der Waals surface area contributed by atoms with Crippen LogP contribution in [-0.2, 0) is 12.8 Å². The number of aryl methyl sites for hydroxylation is 2. The standard InChI is InChI=1S/C36H54Br2S3/c1-3-5-7-9-11-13-15-17-19-21-23-29-27-33(37)40-35(29)31-25-26-32(39-31)36-30(28-34(38)41-36)24-22-20-18-16-14-12-10-8-6-4-2/h25-28H,3-24H2,1-2H3. The molecule has 0 nitrogen and oxygen atoms in total. The van der Waals surface area contributed by atoms with Crippen LogP contribution in [0.5, 0.6) is 0 Å². The molecule has 5 heteroatoms.